The number of aromatic nitrogens is 2. The first-order valence-electron chi connectivity index (χ1n) is 9.82. The zero-order valence-corrected chi connectivity index (χ0v) is 18.4. The Morgan fingerprint density at radius 2 is 1.87 bits per heavy atom. The number of rotatable bonds is 6. The molecule has 2 aromatic carbocycles. The number of nitrogens with one attached hydrogen (secondary N) is 2. The Morgan fingerprint density at radius 1 is 1.06 bits per heavy atom. The molecule has 0 radical (unpaired) electrons. The molecule has 2 aromatic heterocycles. The van der Waals surface area contributed by atoms with Crippen LogP contribution in [0.2, 0.25) is 0 Å². The van der Waals surface area contributed by atoms with Crippen molar-refractivity contribution < 1.29 is 4.79 Å². The zero-order valence-electron chi connectivity index (χ0n) is 17.6. The van der Waals surface area contributed by atoms with Gasteiger partial charge in [0.15, 0.2) is 5.13 Å². The predicted octanol–water partition coefficient (Wildman–Crippen LogP) is 5.58. The van der Waals surface area contributed by atoms with Gasteiger partial charge in [0.1, 0.15) is 0 Å². The fourth-order valence-corrected chi connectivity index (χ4v) is 3.77. The highest BCUT2D eigenvalue weighted by Gasteiger charge is 2.10. The van der Waals surface area contributed by atoms with E-state index in [1.54, 1.807) is 12.4 Å². The number of pyridine rings is 1. The molecular formula is C24H23N5OS. The van der Waals surface area contributed by atoms with E-state index in [0.29, 0.717) is 5.56 Å². The Hall–Kier alpha value is -3.71. The molecule has 0 atom stereocenters. The number of amides is 1. The maximum absolute atomic E-state index is 12.6. The number of hydrogen-bond acceptors (Lipinski definition) is 6. The summed E-state index contributed by atoms with van der Waals surface area (Å²) >= 11 is 1.53. The predicted molar refractivity (Wildman–Crippen MR) is 129 cm³/mol. The van der Waals surface area contributed by atoms with E-state index in [1.807, 2.05) is 85.9 Å². The van der Waals surface area contributed by atoms with Gasteiger partial charge in [-0.25, -0.2) is 4.98 Å². The highest BCUT2D eigenvalue weighted by Crippen LogP contribution is 2.29. The molecule has 0 aliphatic carbocycles. The van der Waals surface area contributed by atoms with Gasteiger partial charge in [0, 0.05) is 60.1 Å². The first kappa shape index (κ1) is 20.6. The first-order chi connectivity index (χ1) is 15.0. The zero-order chi connectivity index (χ0) is 21.8. The minimum absolute atomic E-state index is 0.145. The van der Waals surface area contributed by atoms with Gasteiger partial charge in [-0.1, -0.05) is 6.07 Å². The maximum atomic E-state index is 12.6. The summed E-state index contributed by atoms with van der Waals surface area (Å²) in [5.74, 6) is -0.145. The Labute approximate surface area is 185 Å². The SMILES string of the molecule is Cc1ccc(NC(=O)c2ccc(N(C)C)cc2)cc1Nc1nc(-c2cccnc2)cs1. The van der Waals surface area contributed by atoms with E-state index in [1.165, 1.54) is 11.3 Å². The Bertz CT molecular complexity index is 1190. The molecule has 0 aliphatic heterocycles. The summed E-state index contributed by atoms with van der Waals surface area (Å²) < 4.78 is 0. The molecule has 2 heterocycles. The molecule has 0 saturated carbocycles. The average Bonchev–Trinajstić information content (AvgIpc) is 3.25. The Kier molecular flexibility index (Phi) is 5.95. The van der Waals surface area contributed by atoms with E-state index in [2.05, 4.69) is 20.6 Å². The molecule has 156 valence electrons. The van der Waals surface area contributed by atoms with Gasteiger partial charge in [0.2, 0.25) is 0 Å². The molecule has 6 nitrogen and oxygen atoms in total. The van der Waals surface area contributed by atoms with Crippen LogP contribution >= 0.6 is 11.3 Å². The lowest BCUT2D eigenvalue weighted by Gasteiger charge is -2.13. The minimum Gasteiger partial charge on any atom is -0.378 e. The van der Waals surface area contributed by atoms with E-state index in [0.717, 1.165) is 39.0 Å². The molecule has 1 amide bonds. The smallest absolute Gasteiger partial charge is 0.255 e. The molecule has 2 N–H and O–H groups in total. The largest absolute Gasteiger partial charge is 0.378 e. The standard InChI is InChI=1S/C24H23N5OS/c1-16-6-9-19(26-23(30)17-7-10-20(11-8-17)29(2)3)13-21(16)27-24-28-22(15-31-24)18-5-4-12-25-14-18/h4-15H,1-3H3,(H,26,30)(H,27,28). The number of carbonyl (C=O) groups excluding carboxylic acids is 1. The lowest BCUT2D eigenvalue weighted by molar-refractivity contribution is 0.102. The molecule has 31 heavy (non-hydrogen) atoms. The summed E-state index contributed by atoms with van der Waals surface area (Å²) in [6.45, 7) is 2.02. The topological polar surface area (TPSA) is 70.2 Å². The number of hydrogen-bond donors (Lipinski definition) is 2. The van der Waals surface area contributed by atoms with E-state index in [4.69, 9.17) is 0 Å². The van der Waals surface area contributed by atoms with Crippen molar-refractivity contribution in [1.29, 1.82) is 0 Å². The van der Waals surface area contributed by atoms with Crippen molar-refractivity contribution in [2.45, 2.75) is 6.92 Å². The highest BCUT2D eigenvalue weighted by atomic mass is 32.1. The monoisotopic (exact) mass is 429 g/mol. The molecule has 0 unspecified atom stereocenters. The number of anilines is 4. The fourth-order valence-electron chi connectivity index (χ4n) is 3.04. The van der Waals surface area contributed by atoms with Gasteiger partial charge in [-0.2, -0.15) is 0 Å². The van der Waals surface area contributed by atoms with Crippen LogP contribution in [0.25, 0.3) is 11.3 Å². The molecule has 0 bridgehead atoms. The summed E-state index contributed by atoms with van der Waals surface area (Å²) in [4.78, 5) is 23.4. The Morgan fingerprint density at radius 3 is 2.58 bits per heavy atom. The molecule has 0 aliphatic rings. The first-order valence-corrected chi connectivity index (χ1v) is 10.7. The molecule has 0 saturated heterocycles. The van der Waals surface area contributed by atoms with Crippen molar-refractivity contribution in [2.24, 2.45) is 0 Å². The molecule has 0 spiro atoms. The van der Waals surface area contributed by atoms with Crippen molar-refractivity contribution in [3.8, 4) is 11.3 Å². The second-order valence-electron chi connectivity index (χ2n) is 7.33. The number of thiazole rings is 1. The van der Waals surface area contributed by atoms with E-state index in [9.17, 15) is 4.79 Å². The van der Waals surface area contributed by atoms with Gasteiger partial charge in [0.05, 0.1) is 5.69 Å². The number of carbonyl (C=O) groups is 1. The van der Waals surface area contributed by atoms with Crippen molar-refractivity contribution >= 4 is 39.4 Å². The third-order valence-corrected chi connectivity index (χ3v) is 5.60. The van der Waals surface area contributed by atoms with Gasteiger partial charge in [-0.05, 0) is 61.0 Å². The fraction of sp³-hybridized carbons (Fsp3) is 0.125. The van der Waals surface area contributed by atoms with Crippen LogP contribution < -0.4 is 15.5 Å². The van der Waals surface area contributed by atoms with Crippen LogP contribution in [0, 0.1) is 6.92 Å². The number of aryl methyl sites for hydroxylation is 1. The van der Waals surface area contributed by atoms with Crippen molar-refractivity contribution in [2.75, 3.05) is 29.6 Å². The van der Waals surface area contributed by atoms with Crippen molar-refractivity contribution in [3.05, 3.63) is 83.5 Å². The van der Waals surface area contributed by atoms with Gasteiger partial charge < -0.3 is 15.5 Å². The summed E-state index contributed by atoms with van der Waals surface area (Å²) in [7, 11) is 3.94. The molecular weight excluding hydrogens is 406 g/mol. The highest BCUT2D eigenvalue weighted by molar-refractivity contribution is 7.14. The molecule has 0 fully saturated rings. The van der Waals surface area contributed by atoms with E-state index >= 15 is 0 Å². The van der Waals surface area contributed by atoms with Crippen molar-refractivity contribution in [1.82, 2.24) is 9.97 Å². The van der Waals surface area contributed by atoms with Crippen LogP contribution in [0.4, 0.5) is 22.2 Å². The van der Waals surface area contributed by atoms with Crippen LogP contribution in [0.15, 0.2) is 72.4 Å². The Balaban J connectivity index is 1.48. The summed E-state index contributed by atoms with van der Waals surface area (Å²) in [6.07, 6.45) is 3.54. The van der Waals surface area contributed by atoms with Crippen LogP contribution in [-0.2, 0) is 0 Å². The summed E-state index contributed by atoms with van der Waals surface area (Å²) in [5.41, 5.74) is 6.20. The van der Waals surface area contributed by atoms with Gasteiger partial charge in [-0.15, -0.1) is 11.3 Å². The van der Waals surface area contributed by atoms with E-state index in [-0.39, 0.29) is 5.91 Å². The third-order valence-electron chi connectivity index (χ3n) is 4.84. The van der Waals surface area contributed by atoms with Crippen LogP contribution in [0.5, 0.6) is 0 Å². The molecule has 4 rings (SSSR count). The number of benzene rings is 2. The van der Waals surface area contributed by atoms with Crippen LogP contribution in [-0.4, -0.2) is 30.0 Å². The second kappa shape index (κ2) is 8.97. The van der Waals surface area contributed by atoms with Crippen LogP contribution in [0.1, 0.15) is 15.9 Å². The van der Waals surface area contributed by atoms with Gasteiger partial charge >= 0.3 is 0 Å². The van der Waals surface area contributed by atoms with Gasteiger partial charge in [0.25, 0.3) is 5.91 Å². The normalized spacial score (nSPS) is 10.5. The second-order valence-corrected chi connectivity index (χ2v) is 8.19. The number of nitrogens with zero attached hydrogens (tertiary/aromatic N) is 3. The van der Waals surface area contributed by atoms with E-state index < -0.39 is 0 Å². The molecule has 4 aromatic rings. The summed E-state index contributed by atoms with van der Waals surface area (Å²) in [5, 5.41) is 9.12. The summed E-state index contributed by atoms with van der Waals surface area (Å²) in [6, 6.07) is 17.2. The maximum Gasteiger partial charge on any atom is 0.255 e. The average molecular weight is 430 g/mol. The van der Waals surface area contributed by atoms with Crippen LogP contribution in [0.3, 0.4) is 0 Å². The third kappa shape index (κ3) is 4.90. The quantitative estimate of drug-likeness (QED) is 0.419. The molecule has 7 heteroatoms. The minimum atomic E-state index is -0.145. The lowest BCUT2D eigenvalue weighted by atomic mass is 10.1. The van der Waals surface area contributed by atoms with Gasteiger partial charge in [-0.3, -0.25) is 9.78 Å². The lowest BCUT2D eigenvalue weighted by Crippen LogP contribution is -2.13. The van der Waals surface area contributed by atoms with Crippen molar-refractivity contribution in [3.63, 3.8) is 0 Å².